The molecule has 1 aliphatic rings. The number of benzene rings is 3. The molecule has 4 heteroatoms. The number of nitrogens with two attached hydrogens (primary N) is 1. The summed E-state index contributed by atoms with van der Waals surface area (Å²) in [6.45, 7) is 0. The Kier molecular flexibility index (Phi) is 3.07. The van der Waals surface area contributed by atoms with Crippen molar-refractivity contribution in [3.63, 3.8) is 0 Å². The van der Waals surface area contributed by atoms with Gasteiger partial charge in [0.1, 0.15) is 23.1 Å². The lowest BCUT2D eigenvalue weighted by Crippen LogP contribution is -2.16. The quantitative estimate of drug-likeness (QED) is 0.429. The largest absolute Gasteiger partial charge is 0.455 e. The zero-order valence-electron chi connectivity index (χ0n) is 12.6. The van der Waals surface area contributed by atoms with Crippen molar-refractivity contribution < 1.29 is 9.53 Å². The zero-order chi connectivity index (χ0) is 16.7. The maximum absolute atomic E-state index is 11.8. The number of amides is 1. The number of rotatable bonds is 1. The number of nitriles is 1. The molecule has 4 rings (SSSR count). The van der Waals surface area contributed by atoms with E-state index < -0.39 is 5.91 Å². The molecule has 3 aromatic carbocycles. The molecule has 0 aliphatic carbocycles. The molecule has 1 amide bonds. The van der Waals surface area contributed by atoms with Crippen molar-refractivity contribution in [3.8, 4) is 17.6 Å². The first-order chi connectivity index (χ1) is 11.7. The van der Waals surface area contributed by atoms with Crippen LogP contribution in [0.25, 0.3) is 16.3 Å². The van der Waals surface area contributed by atoms with Crippen molar-refractivity contribution in [1.82, 2.24) is 0 Å². The Morgan fingerprint density at radius 2 is 1.71 bits per heavy atom. The monoisotopic (exact) mass is 312 g/mol. The standard InChI is InChI=1S/C20H12N2O2/c21-11-16(20(22)23)18-14-7-3-4-8-17(14)24-19-13-6-2-1-5-12(13)9-10-15(18)19/h1-10H,(H2,22,23)/b18-16+. The van der Waals surface area contributed by atoms with Crippen molar-refractivity contribution >= 4 is 22.3 Å². The number of carbonyl (C=O) groups excluding carboxylic acids is 1. The fourth-order valence-electron chi connectivity index (χ4n) is 3.07. The molecule has 4 nitrogen and oxygen atoms in total. The molecule has 0 atom stereocenters. The van der Waals surface area contributed by atoms with Gasteiger partial charge in [-0.15, -0.1) is 0 Å². The van der Waals surface area contributed by atoms with E-state index in [1.807, 2.05) is 66.7 Å². The molecule has 24 heavy (non-hydrogen) atoms. The van der Waals surface area contributed by atoms with E-state index in [4.69, 9.17) is 10.5 Å². The van der Waals surface area contributed by atoms with Crippen LogP contribution in [-0.2, 0) is 4.79 Å². The van der Waals surface area contributed by atoms with Crippen LogP contribution in [0.15, 0.2) is 66.2 Å². The first kappa shape index (κ1) is 14.0. The highest BCUT2D eigenvalue weighted by atomic mass is 16.5. The van der Waals surface area contributed by atoms with Gasteiger partial charge in [0.2, 0.25) is 0 Å². The van der Waals surface area contributed by atoms with Gasteiger partial charge in [0, 0.05) is 22.1 Å². The van der Waals surface area contributed by atoms with Crippen LogP contribution in [0.4, 0.5) is 0 Å². The van der Waals surface area contributed by atoms with Crippen molar-refractivity contribution in [2.75, 3.05) is 0 Å². The molecule has 0 unspecified atom stereocenters. The van der Waals surface area contributed by atoms with Gasteiger partial charge < -0.3 is 10.5 Å². The summed E-state index contributed by atoms with van der Waals surface area (Å²) in [5.74, 6) is 0.490. The second kappa shape index (κ2) is 5.25. The number of hydrogen-bond acceptors (Lipinski definition) is 3. The van der Waals surface area contributed by atoms with Crippen LogP contribution in [0.2, 0.25) is 0 Å². The lowest BCUT2D eigenvalue weighted by molar-refractivity contribution is -0.114. The second-order valence-electron chi connectivity index (χ2n) is 5.49. The summed E-state index contributed by atoms with van der Waals surface area (Å²) in [6.07, 6.45) is 0. The number of hydrogen-bond donors (Lipinski definition) is 1. The highest BCUT2D eigenvalue weighted by Crippen LogP contribution is 2.47. The minimum atomic E-state index is -0.747. The molecular formula is C20H12N2O2. The Labute approximate surface area is 138 Å². The summed E-state index contributed by atoms with van der Waals surface area (Å²) < 4.78 is 6.10. The van der Waals surface area contributed by atoms with E-state index in [1.54, 1.807) is 0 Å². The highest BCUT2D eigenvalue weighted by Gasteiger charge is 2.27. The minimum absolute atomic E-state index is 0.0673. The van der Waals surface area contributed by atoms with Crippen molar-refractivity contribution in [2.45, 2.75) is 0 Å². The van der Waals surface area contributed by atoms with Crippen LogP contribution >= 0.6 is 0 Å². The third-order valence-electron chi connectivity index (χ3n) is 4.13. The van der Waals surface area contributed by atoms with Gasteiger partial charge in [-0.3, -0.25) is 4.79 Å². The van der Waals surface area contributed by atoms with Crippen LogP contribution in [0.5, 0.6) is 11.5 Å². The average Bonchev–Trinajstić information content (AvgIpc) is 2.61. The molecule has 2 N–H and O–H groups in total. The predicted octanol–water partition coefficient (Wildman–Crippen LogP) is 3.76. The fourth-order valence-corrected chi connectivity index (χ4v) is 3.07. The van der Waals surface area contributed by atoms with Gasteiger partial charge >= 0.3 is 0 Å². The third kappa shape index (κ3) is 1.96. The van der Waals surface area contributed by atoms with Gasteiger partial charge in [0.15, 0.2) is 0 Å². The SMILES string of the molecule is N#C/C(C(N)=O)=C1/c2ccccc2Oc2c1ccc1ccccc21. The normalized spacial score (nSPS) is 14.1. The maximum Gasteiger partial charge on any atom is 0.260 e. The number of primary amides is 1. The molecule has 0 radical (unpaired) electrons. The molecule has 114 valence electrons. The van der Waals surface area contributed by atoms with Crippen molar-refractivity contribution in [3.05, 3.63) is 77.4 Å². The summed E-state index contributed by atoms with van der Waals surface area (Å²) in [4.78, 5) is 11.8. The van der Waals surface area contributed by atoms with Gasteiger partial charge in [0.25, 0.3) is 5.91 Å². The van der Waals surface area contributed by atoms with Crippen LogP contribution in [0, 0.1) is 11.3 Å². The molecule has 0 spiro atoms. The number of ether oxygens (including phenoxy) is 1. The molecule has 0 bridgehead atoms. The molecule has 3 aromatic rings. The minimum Gasteiger partial charge on any atom is -0.455 e. The lowest BCUT2D eigenvalue weighted by Gasteiger charge is -2.24. The van der Waals surface area contributed by atoms with E-state index in [9.17, 15) is 10.1 Å². The molecule has 1 heterocycles. The van der Waals surface area contributed by atoms with E-state index in [1.165, 1.54) is 0 Å². The van der Waals surface area contributed by atoms with E-state index >= 15 is 0 Å². The van der Waals surface area contributed by atoms with E-state index in [2.05, 4.69) is 0 Å². The summed E-state index contributed by atoms with van der Waals surface area (Å²) >= 11 is 0. The summed E-state index contributed by atoms with van der Waals surface area (Å²) in [6, 6.07) is 20.9. The number of fused-ring (bicyclic) bond motifs is 4. The summed E-state index contributed by atoms with van der Waals surface area (Å²) in [7, 11) is 0. The molecule has 0 fully saturated rings. The Morgan fingerprint density at radius 3 is 2.50 bits per heavy atom. The van der Waals surface area contributed by atoms with Gasteiger partial charge in [-0.2, -0.15) is 5.26 Å². The number of carbonyl (C=O) groups is 1. The van der Waals surface area contributed by atoms with E-state index in [0.717, 1.165) is 10.8 Å². The first-order valence-electron chi connectivity index (χ1n) is 7.44. The summed E-state index contributed by atoms with van der Waals surface area (Å²) in [5.41, 5.74) is 7.29. The Bertz CT molecular complexity index is 1070. The smallest absolute Gasteiger partial charge is 0.260 e. The molecule has 0 saturated carbocycles. The lowest BCUT2D eigenvalue weighted by atomic mass is 9.88. The Balaban J connectivity index is 2.15. The maximum atomic E-state index is 11.8. The topological polar surface area (TPSA) is 76.1 Å². The molecule has 1 aliphatic heterocycles. The zero-order valence-corrected chi connectivity index (χ0v) is 12.6. The fraction of sp³-hybridized carbons (Fsp3) is 0. The van der Waals surface area contributed by atoms with Gasteiger partial charge in [-0.05, 0) is 17.5 Å². The van der Waals surface area contributed by atoms with Crippen LogP contribution < -0.4 is 10.5 Å². The second-order valence-corrected chi connectivity index (χ2v) is 5.49. The van der Waals surface area contributed by atoms with Crippen molar-refractivity contribution in [1.29, 1.82) is 5.26 Å². The highest BCUT2D eigenvalue weighted by molar-refractivity contribution is 6.10. The van der Waals surface area contributed by atoms with Gasteiger partial charge in [-0.25, -0.2) is 0 Å². The summed E-state index contributed by atoms with van der Waals surface area (Å²) in [5, 5.41) is 11.4. The first-order valence-corrected chi connectivity index (χ1v) is 7.44. The number of nitrogens with zero attached hydrogens (tertiary/aromatic N) is 1. The Hall–Kier alpha value is -3.58. The van der Waals surface area contributed by atoms with Crippen LogP contribution in [-0.4, -0.2) is 5.91 Å². The van der Waals surface area contributed by atoms with Gasteiger partial charge in [-0.1, -0.05) is 48.5 Å². The van der Waals surface area contributed by atoms with Gasteiger partial charge in [0.05, 0.1) is 0 Å². The molecule has 0 saturated heterocycles. The molecular weight excluding hydrogens is 300 g/mol. The van der Waals surface area contributed by atoms with Crippen LogP contribution in [0.3, 0.4) is 0 Å². The average molecular weight is 312 g/mol. The molecule has 0 aromatic heterocycles. The Morgan fingerprint density at radius 1 is 0.958 bits per heavy atom. The van der Waals surface area contributed by atoms with Crippen LogP contribution in [0.1, 0.15) is 11.1 Å². The third-order valence-corrected chi connectivity index (χ3v) is 4.13. The van der Waals surface area contributed by atoms with Crippen molar-refractivity contribution in [2.24, 2.45) is 5.73 Å². The predicted molar refractivity (Wildman–Crippen MR) is 91.3 cm³/mol. The number of para-hydroxylation sites is 1. The van der Waals surface area contributed by atoms with E-state index in [0.29, 0.717) is 28.2 Å². The van der Waals surface area contributed by atoms with E-state index in [-0.39, 0.29) is 5.57 Å².